The number of hydrogen-bond acceptors (Lipinski definition) is 4. The lowest BCUT2D eigenvalue weighted by atomic mass is 10.1. The zero-order valence-corrected chi connectivity index (χ0v) is 14.6. The molecule has 0 spiro atoms. The van der Waals surface area contributed by atoms with Crippen LogP contribution in [0.15, 0.2) is 36.4 Å². The normalized spacial score (nSPS) is 15.7. The van der Waals surface area contributed by atoms with Crippen LogP contribution in [0.2, 0.25) is 4.34 Å². The quantitative estimate of drug-likeness (QED) is 0.847. The average Bonchev–Trinajstić information content (AvgIpc) is 3.00. The Morgan fingerprint density at radius 2 is 2.00 bits per heavy atom. The van der Waals surface area contributed by atoms with E-state index in [2.05, 4.69) is 11.0 Å². The molecular formula is C17H19ClN2O2S. The predicted octanol–water partition coefficient (Wildman–Crippen LogP) is 3.37. The van der Waals surface area contributed by atoms with Crippen LogP contribution >= 0.6 is 22.9 Å². The molecule has 0 bridgehead atoms. The Kier molecular flexibility index (Phi) is 5.20. The number of ether oxygens (including phenoxy) is 1. The smallest absolute Gasteiger partial charge is 0.254 e. The summed E-state index contributed by atoms with van der Waals surface area (Å²) >= 11 is 7.59. The molecule has 1 saturated heterocycles. The maximum absolute atomic E-state index is 12.6. The SMILES string of the molecule is COc1cccc(C(=O)N2CCN(Cc3ccc(Cl)s3)CC2)c1. The van der Waals surface area contributed by atoms with Crippen LogP contribution in [0.25, 0.3) is 0 Å². The lowest BCUT2D eigenvalue weighted by molar-refractivity contribution is 0.0629. The molecule has 1 amide bonds. The molecule has 0 saturated carbocycles. The molecule has 1 fully saturated rings. The fraction of sp³-hybridized carbons (Fsp3) is 0.353. The van der Waals surface area contributed by atoms with Crippen LogP contribution in [0.4, 0.5) is 0 Å². The van der Waals surface area contributed by atoms with Crippen LogP contribution in [0.1, 0.15) is 15.2 Å². The van der Waals surface area contributed by atoms with E-state index in [1.165, 1.54) is 4.88 Å². The van der Waals surface area contributed by atoms with E-state index in [4.69, 9.17) is 16.3 Å². The molecule has 1 aliphatic rings. The van der Waals surface area contributed by atoms with E-state index in [1.807, 2.05) is 29.2 Å². The Hall–Kier alpha value is -1.56. The largest absolute Gasteiger partial charge is 0.497 e. The average molecular weight is 351 g/mol. The van der Waals surface area contributed by atoms with Gasteiger partial charge in [-0.05, 0) is 30.3 Å². The van der Waals surface area contributed by atoms with E-state index in [0.29, 0.717) is 11.3 Å². The number of benzene rings is 1. The van der Waals surface area contributed by atoms with E-state index in [-0.39, 0.29) is 5.91 Å². The van der Waals surface area contributed by atoms with Crippen molar-refractivity contribution in [2.75, 3.05) is 33.3 Å². The molecule has 1 aromatic heterocycles. The maximum atomic E-state index is 12.6. The number of nitrogens with zero attached hydrogens (tertiary/aromatic N) is 2. The summed E-state index contributed by atoms with van der Waals surface area (Å²) in [5, 5.41) is 0. The Morgan fingerprint density at radius 1 is 1.22 bits per heavy atom. The highest BCUT2D eigenvalue weighted by Crippen LogP contribution is 2.23. The molecule has 4 nitrogen and oxygen atoms in total. The predicted molar refractivity (Wildman–Crippen MR) is 93.5 cm³/mol. The monoisotopic (exact) mass is 350 g/mol. The highest BCUT2D eigenvalue weighted by Gasteiger charge is 2.22. The number of thiophene rings is 1. The minimum Gasteiger partial charge on any atom is -0.497 e. The summed E-state index contributed by atoms with van der Waals surface area (Å²) in [6.07, 6.45) is 0. The van der Waals surface area contributed by atoms with Gasteiger partial charge in [-0.3, -0.25) is 9.69 Å². The van der Waals surface area contributed by atoms with Gasteiger partial charge in [-0.1, -0.05) is 17.7 Å². The minimum atomic E-state index is 0.0720. The number of carbonyl (C=O) groups excluding carboxylic acids is 1. The van der Waals surface area contributed by atoms with E-state index < -0.39 is 0 Å². The maximum Gasteiger partial charge on any atom is 0.254 e. The van der Waals surface area contributed by atoms with Gasteiger partial charge in [-0.2, -0.15) is 0 Å². The zero-order valence-electron chi connectivity index (χ0n) is 13.0. The van der Waals surface area contributed by atoms with Crippen LogP contribution in [0.3, 0.4) is 0 Å². The molecule has 0 atom stereocenters. The van der Waals surface area contributed by atoms with Gasteiger partial charge in [0.15, 0.2) is 0 Å². The van der Waals surface area contributed by atoms with E-state index in [0.717, 1.165) is 37.1 Å². The summed E-state index contributed by atoms with van der Waals surface area (Å²) in [5.74, 6) is 0.784. The Morgan fingerprint density at radius 3 is 2.65 bits per heavy atom. The van der Waals surface area contributed by atoms with E-state index in [1.54, 1.807) is 24.5 Å². The van der Waals surface area contributed by atoms with Crippen LogP contribution in [0.5, 0.6) is 5.75 Å². The summed E-state index contributed by atoms with van der Waals surface area (Å²) < 4.78 is 6.01. The van der Waals surface area contributed by atoms with Crippen molar-refractivity contribution < 1.29 is 9.53 Å². The highest BCUT2D eigenvalue weighted by atomic mass is 35.5. The first kappa shape index (κ1) is 16.3. The Bertz CT molecular complexity index is 681. The number of rotatable bonds is 4. The first-order valence-electron chi connectivity index (χ1n) is 7.55. The summed E-state index contributed by atoms with van der Waals surface area (Å²) in [7, 11) is 1.61. The van der Waals surface area contributed by atoms with Crippen molar-refractivity contribution in [1.82, 2.24) is 9.80 Å². The Labute approximate surface area is 145 Å². The fourth-order valence-corrected chi connectivity index (χ4v) is 3.83. The van der Waals surface area contributed by atoms with Crippen molar-refractivity contribution in [2.45, 2.75) is 6.54 Å². The summed E-state index contributed by atoms with van der Waals surface area (Å²) in [5.41, 5.74) is 0.683. The molecule has 23 heavy (non-hydrogen) atoms. The van der Waals surface area contributed by atoms with Gasteiger partial charge in [0, 0.05) is 43.2 Å². The fourth-order valence-electron chi connectivity index (χ4n) is 2.70. The summed E-state index contributed by atoms with van der Waals surface area (Å²) in [6, 6.07) is 11.3. The van der Waals surface area contributed by atoms with Gasteiger partial charge >= 0.3 is 0 Å². The van der Waals surface area contributed by atoms with Gasteiger partial charge in [0.05, 0.1) is 11.4 Å². The van der Waals surface area contributed by atoms with Crippen LogP contribution < -0.4 is 4.74 Å². The van der Waals surface area contributed by atoms with Crippen molar-refractivity contribution in [1.29, 1.82) is 0 Å². The van der Waals surface area contributed by atoms with Gasteiger partial charge in [-0.25, -0.2) is 0 Å². The summed E-state index contributed by atoms with van der Waals surface area (Å²) in [4.78, 5) is 18.1. The molecule has 0 radical (unpaired) electrons. The van der Waals surface area contributed by atoms with Crippen molar-refractivity contribution in [3.05, 3.63) is 51.2 Å². The molecule has 2 heterocycles. The van der Waals surface area contributed by atoms with Gasteiger partial charge in [0.1, 0.15) is 5.75 Å². The molecule has 0 unspecified atom stereocenters. The number of carbonyl (C=O) groups is 1. The number of hydrogen-bond donors (Lipinski definition) is 0. The molecule has 2 aromatic rings. The first-order chi connectivity index (χ1) is 11.2. The molecule has 6 heteroatoms. The van der Waals surface area contributed by atoms with Crippen molar-refractivity contribution in [2.24, 2.45) is 0 Å². The standard InChI is InChI=1S/C17H19ClN2O2S/c1-22-14-4-2-3-13(11-14)17(21)20-9-7-19(8-10-20)12-15-5-6-16(18)23-15/h2-6,11H,7-10,12H2,1H3. The van der Waals surface area contributed by atoms with Crippen molar-refractivity contribution >= 4 is 28.8 Å². The second-order valence-electron chi connectivity index (χ2n) is 5.51. The summed E-state index contributed by atoms with van der Waals surface area (Å²) in [6.45, 7) is 4.15. The first-order valence-corrected chi connectivity index (χ1v) is 8.75. The lowest BCUT2D eigenvalue weighted by Gasteiger charge is -2.34. The molecule has 122 valence electrons. The van der Waals surface area contributed by atoms with Gasteiger partial charge in [0.2, 0.25) is 0 Å². The molecule has 1 aliphatic heterocycles. The Balaban J connectivity index is 1.56. The van der Waals surface area contributed by atoms with Crippen LogP contribution in [0, 0.1) is 0 Å². The second kappa shape index (κ2) is 7.34. The molecule has 1 aromatic carbocycles. The van der Waals surface area contributed by atoms with E-state index >= 15 is 0 Å². The molecule has 0 N–H and O–H groups in total. The number of amides is 1. The zero-order chi connectivity index (χ0) is 16.2. The molecule has 0 aliphatic carbocycles. The minimum absolute atomic E-state index is 0.0720. The third-order valence-corrected chi connectivity index (χ3v) is 5.20. The third-order valence-electron chi connectivity index (χ3n) is 3.98. The van der Waals surface area contributed by atoms with Crippen LogP contribution in [-0.4, -0.2) is 49.0 Å². The van der Waals surface area contributed by atoms with Crippen molar-refractivity contribution in [3.63, 3.8) is 0 Å². The lowest BCUT2D eigenvalue weighted by Crippen LogP contribution is -2.48. The van der Waals surface area contributed by atoms with Gasteiger partial charge in [0.25, 0.3) is 5.91 Å². The third kappa shape index (κ3) is 4.05. The molecule has 3 rings (SSSR count). The highest BCUT2D eigenvalue weighted by molar-refractivity contribution is 7.16. The topological polar surface area (TPSA) is 32.8 Å². The van der Waals surface area contributed by atoms with Crippen LogP contribution in [-0.2, 0) is 6.54 Å². The number of piperazine rings is 1. The van der Waals surface area contributed by atoms with Crippen molar-refractivity contribution in [3.8, 4) is 5.75 Å². The second-order valence-corrected chi connectivity index (χ2v) is 7.31. The van der Waals surface area contributed by atoms with Gasteiger partial charge < -0.3 is 9.64 Å². The van der Waals surface area contributed by atoms with E-state index in [9.17, 15) is 4.79 Å². The number of halogens is 1. The number of methoxy groups -OCH3 is 1. The van der Waals surface area contributed by atoms with Gasteiger partial charge in [-0.15, -0.1) is 11.3 Å². The molecular weight excluding hydrogens is 332 g/mol.